The largest absolute Gasteiger partial charge is 0.321 e. The number of carbonyl (C=O) groups is 1. The first-order valence-electron chi connectivity index (χ1n) is 6.85. The van der Waals surface area contributed by atoms with Gasteiger partial charge in [-0.2, -0.15) is 4.68 Å². The highest BCUT2D eigenvalue weighted by molar-refractivity contribution is 7.98. The Balaban J connectivity index is 1.84. The van der Waals surface area contributed by atoms with E-state index in [0.29, 0.717) is 16.5 Å². The number of pyridine rings is 1. The molecule has 2 heterocycles. The molecule has 0 saturated heterocycles. The third-order valence-electron chi connectivity index (χ3n) is 3.09. The number of thioether (sulfide) groups is 1. The van der Waals surface area contributed by atoms with Crippen LogP contribution in [0.3, 0.4) is 0 Å². The van der Waals surface area contributed by atoms with E-state index >= 15 is 0 Å². The molecule has 8 heteroatoms. The summed E-state index contributed by atoms with van der Waals surface area (Å²) in [7, 11) is 0. The molecular formula is C15H14N6OS. The maximum atomic E-state index is 12.3. The van der Waals surface area contributed by atoms with Crippen molar-refractivity contribution in [2.45, 2.75) is 12.1 Å². The van der Waals surface area contributed by atoms with Crippen LogP contribution < -0.4 is 5.32 Å². The third-order valence-corrected chi connectivity index (χ3v) is 3.71. The summed E-state index contributed by atoms with van der Waals surface area (Å²) in [4.78, 5) is 16.5. The lowest BCUT2D eigenvalue weighted by molar-refractivity contribution is 0.102. The predicted molar refractivity (Wildman–Crippen MR) is 87.9 cm³/mol. The molecule has 3 rings (SSSR count). The molecule has 23 heavy (non-hydrogen) atoms. The van der Waals surface area contributed by atoms with Crippen LogP contribution in [0.5, 0.6) is 0 Å². The molecule has 0 unspecified atom stereocenters. The third kappa shape index (κ3) is 3.37. The second kappa shape index (κ2) is 6.57. The SMILES string of the molecule is CSc1nnnn1-c1cccc(NC(=O)c2cccc(C)n2)c1. The summed E-state index contributed by atoms with van der Waals surface area (Å²) in [5.74, 6) is -0.257. The fourth-order valence-corrected chi connectivity index (χ4v) is 2.48. The number of aromatic nitrogens is 5. The van der Waals surface area contributed by atoms with Crippen molar-refractivity contribution in [2.24, 2.45) is 0 Å². The van der Waals surface area contributed by atoms with E-state index in [1.807, 2.05) is 37.4 Å². The fraction of sp³-hybridized carbons (Fsp3) is 0.133. The fourth-order valence-electron chi connectivity index (χ4n) is 2.05. The van der Waals surface area contributed by atoms with Gasteiger partial charge in [-0.1, -0.05) is 23.9 Å². The molecule has 3 aromatic rings. The maximum Gasteiger partial charge on any atom is 0.274 e. The molecule has 0 aliphatic carbocycles. The smallest absolute Gasteiger partial charge is 0.274 e. The minimum atomic E-state index is -0.257. The first-order valence-corrected chi connectivity index (χ1v) is 8.07. The highest BCUT2D eigenvalue weighted by Crippen LogP contribution is 2.19. The molecule has 0 aliphatic heterocycles. The number of benzene rings is 1. The Morgan fingerprint density at radius 2 is 2.04 bits per heavy atom. The number of anilines is 1. The van der Waals surface area contributed by atoms with Crippen molar-refractivity contribution in [3.8, 4) is 5.69 Å². The number of nitrogens with one attached hydrogen (secondary N) is 1. The normalized spacial score (nSPS) is 10.5. The van der Waals surface area contributed by atoms with Gasteiger partial charge in [0.1, 0.15) is 5.69 Å². The zero-order chi connectivity index (χ0) is 16.2. The molecule has 1 aromatic carbocycles. The molecule has 0 atom stereocenters. The molecule has 116 valence electrons. The monoisotopic (exact) mass is 326 g/mol. The summed E-state index contributed by atoms with van der Waals surface area (Å²) >= 11 is 1.44. The highest BCUT2D eigenvalue weighted by Gasteiger charge is 2.10. The summed E-state index contributed by atoms with van der Waals surface area (Å²) in [6, 6.07) is 12.7. The molecular weight excluding hydrogens is 312 g/mol. The van der Waals surface area contributed by atoms with Crippen LogP contribution in [0.4, 0.5) is 5.69 Å². The van der Waals surface area contributed by atoms with Crippen LogP contribution in [0.1, 0.15) is 16.2 Å². The van der Waals surface area contributed by atoms with Gasteiger partial charge in [0.15, 0.2) is 0 Å². The number of amides is 1. The van der Waals surface area contributed by atoms with Crippen LogP contribution >= 0.6 is 11.8 Å². The summed E-state index contributed by atoms with van der Waals surface area (Å²) in [6.45, 7) is 1.85. The van der Waals surface area contributed by atoms with Crippen molar-refractivity contribution >= 4 is 23.4 Å². The highest BCUT2D eigenvalue weighted by atomic mass is 32.2. The molecule has 2 aromatic heterocycles. The van der Waals surface area contributed by atoms with Crippen LogP contribution in [0.2, 0.25) is 0 Å². The van der Waals surface area contributed by atoms with Gasteiger partial charge in [-0.05, 0) is 53.9 Å². The van der Waals surface area contributed by atoms with Crippen LogP contribution in [0.15, 0.2) is 47.6 Å². The van der Waals surface area contributed by atoms with Gasteiger partial charge in [0.25, 0.3) is 5.91 Å². The average Bonchev–Trinajstić information content (AvgIpc) is 3.04. The van der Waals surface area contributed by atoms with Crippen LogP contribution in [0, 0.1) is 6.92 Å². The van der Waals surface area contributed by atoms with E-state index in [1.54, 1.807) is 22.9 Å². The average molecular weight is 326 g/mol. The van der Waals surface area contributed by atoms with E-state index in [2.05, 4.69) is 25.8 Å². The number of aryl methyl sites for hydroxylation is 1. The van der Waals surface area contributed by atoms with Crippen molar-refractivity contribution < 1.29 is 4.79 Å². The van der Waals surface area contributed by atoms with Crippen molar-refractivity contribution in [3.05, 3.63) is 53.9 Å². The second-order valence-corrected chi connectivity index (χ2v) is 5.52. The van der Waals surface area contributed by atoms with Gasteiger partial charge < -0.3 is 5.32 Å². The number of tetrazole rings is 1. The Morgan fingerprint density at radius 1 is 1.22 bits per heavy atom. The summed E-state index contributed by atoms with van der Waals surface area (Å²) in [6.07, 6.45) is 1.90. The Morgan fingerprint density at radius 3 is 2.83 bits per heavy atom. The van der Waals surface area contributed by atoms with Crippen molar-refractivity contribution in [1.82, 2.24) is 25.2 Å². The molecule has 7 nitrogen and oxygen atoms in total. The molecule has 0 aliphatic rings. The van der Waals surface area contributed by atoms with E-state index in [4.69, 9.17) is 0 Å². The van der Waals surface area contributed by atoms with Gasteiger partial charge in [0.05, 0.1) is 5.69 Å². The Kier molecular flexibility index (Phi) is 4.33. The number of carbonyl (C=O) groups excluding carboxylic acids is 1. The van der Waals surface area contributed by atoms with Crippen molar-refractivity contribution in [1.29, 1.82) is 0 Å². The summed E-state index contributed by atoms with van der Waals surface area (Å²) in [5, 5.41) is 15.1. The zero-order valence-electron chi connectivity index (χ0n) is 12.6. The molecule has 0 fully saturated rings. The predicted octanol–water partition coefficient (Wildman–Crippen LogP) is 2.34. The van der Waals surface area contributed by atoms with Crippen LogP contribution in [0.25, 0.3) is 5.69 Å². The van der Waals surface area contributed by atoms with Gasteiger partial charge in [-0.15, -0.1) is 5.10 Å². The lowest BCUT2D eigenvalue weighted by Crippen LogP contribution is -2.14. The Bertz CT molecular complexity index is 847. The van der Waals surface area contributed by atoms with Gasteiger partial charge in [-0.3, -0.25) is 4.79 Å². The summed E-state index contributed by atoms with van der Waals surface area (Å²) < 4.78 is 1.62. The topological polar surface area (TPSA) is 85.6 Å². The van der Waals surface area contributed by atoms with Crippen molar-refractivity contribution in [2.75, 3.05) is 11.6 Å². The first kappa shape index (κ1) is 15.2. The molecule has 0 bridgehead atoms. The van der Waals surface area contributed by atoms with E-state index in [-0.39, 0.29) is 5.91 Å². The minimum absolute atomic E-state index is 0.257. The quantitative estimate of drug-likeness (QED) is 0.741. The number of hydrogen-bond acceptors (Lipinski definition) is 6. The van der Waals surface area contributed by atoms with Gasteiger partial charge >= 0.3 is 0 Å². The second-order valence-electron chi connectivity index (χ2n) is 4.75. The summed E-state index contributed by atoms with van der Waals surface area (Å²) in [5.41, 5.74) is 2.60. The van der Waals surface area contributed by atoms with Crippen molar-refractivity contribution in [3.63, 3.8) is 0 Å². The van der Waals surface area contributed by atoms with Gasteiger partial charge in [0, 0.05) is 11.4 Å². The molecule has 1 amide bonds. The van der Waals surface area contributed by atoms with E-state index in [1.165, 1.54) is 11.8 Å². The van der Waals surface area contributed by atoms with E-state index in [0.717, 1.165) is 11.4 Å². The van der Waals surface area contributed by atoms with Gasteiger partial charge in [0.2, 0.25) is 5.16 Å². The lowest BCUT2D eigenvalue weighted by Gasteiger charge is -2.08. The van der Waals surface area contributed by atoms with Gasteiger partial charge in [-0.25, -0.2) is 4.98 Å². The Hall–Kier alpha value is -2.74. The molecule has 0 spiro atoms. The molecule has 1 N–H and O–H groups in total. The maximum absolute atomic E-state index is 12.3. The number of rotatable bonds is 4. The zero-order valence-corrected chi connectivity index (χ0v) is 13.4. The standard InChI is InChI=1S/C15H14N6OS/c1-10-5-3-8-13(16-10)14(22)17-11-6-4-7-12(9-11)21-15(23-2)18-19-20-21/h3-9H,1-2H3,(H,17,22). The van der Waals surface area contributed by atoms with Crippen LogP contribution in [-0.4, -0.2) is 37.4 Å². The lowest BCUT2D eigenvalue weighted by atomic mass is 10.2. The van der Waals surface area contributed by atoms with Crippen LogP contribution in [-0.2, 0) is 0 Å². The first-order chi connectivity index (χ1) is 11.2. The number of hydrogen-bond donors (Lipinski definition) is 1. The van der Waals surface area contributed by atoms with E-state index in [9.17, 15) is 4.79 Å². The number of nitrogens with zero attached hydrogens (tertiary/aromatic N) is 5. The molecule has 0 radical (unpaired) electrons. The molecule has 0 saturated carbocycles. The Labute approximate surface area is 137 Å². The van der Waals surface area contributed by atoms with E-state index < -0.39 is 0 Å². The minimum Gasteiger partial charge on any atom is -0.321 e.